The largest absolute Gasteiger partial charge is 0.0955 e. The van der Waals surface area contributed by atoms with Crippen LogP contribution in [-0.4, -0.2) is 0 Å². The molecule has 0 bridgehead atoms. The molecule has 0 nitrogen and oxygen atoms in total. The first kappa shape index (κ1) is 15.1. The first-order valence-electron chi connectivity index (χ1n) is 8.58. The van der Waals surface area contributed by atoms with Crippen LogP contribution in [0.25, 0.3) is 0 Å². The molecule has 0 heterocycles. The minimum atomic E-state index is 0.958. The number of hydrogen-bond donors (Lipinski definition) is 0. The van der Waals surface area contributed by atoms with Crippen LogP contribution in [0, 0.1) is 0 Å². The van der Waals surface area contributed by atoms with E-state index in [1.54, 1.807) is 11.1 Å². The van der Waals surface area contributed by atoms with Crippen molar-refractivity contribution in [2.75, 3.05) is 0 Å². The lowest BCUT2D eigenvalue weighted by atomic mass is 9.97. The summed E-state index contributed by atoms with van der Waals surface area (Å²) in [5, 5.41) is 0. The fraction of sp³-hybridized carbons (Fsp3) is 0.364. The maximum atomic E-state index is 4.23. The first-order valence-corrected chi connectivity index (χ1v) is 8.58. The maximum Gasteiger partial charge on any atom is -0.00315 e. The highest BCUT2D eigenvalue weighted by molar-refractivity contribution is 5.49. The zero-order valence-corrected chi connectivity index (χ0v) is 13.7. The molecule has 2 aliphatic rings. The molecule has 0 unspecified atom stereocenters. The zero-order chi connectivity index (χ0) is 15.4. The quantitative estimate of drug-likeness (QED) is 0.469. The molecule has 1 aromatic carbocycles. The average Bonchev–Trinajstić information content (AvgIpc) is 3.34. The maximum absolute atomic E-state index is 4.23. The Balaban J connectivity index is 1.65. The van der Waals surface area contributed by atoms with E-state index in [4.69, 9.17) is 0 Å². The zero-order valence-electron chi connectivity index (χ0n) is 13.7. The van der Waals surface area contributed by atoms with E-state index in [-0.39, 0.29) is 0 Å². The Hall–Kier alpha value is -1.82. The van der Waals surface area contributed by atoms with Crippen LogP contribution in [0.4, 0.5) is 0 Å². The van der Waals surface area contributed by atoms with Gasteiger partial charge in [-0.05, 0) is 73.3 Å². The van der Waals surface area contributed by atoms with Crippen molar-refractivity contribution in [3.05, 3.63) is 82.5 Å². The smallest absolute Gasteiger partial charge is 0.00315 e. The van der Waals surface area contributed by atoms with Crippen molar-refractivity contribution in [2.45, 2.75) is 51.9 Å². The molecule has 0 saturated heterocycles. The summed E-state index contributed by atoms with van der Waals surface area (Å²) in [6.45, 7) is 6.34. The summed E-state index contributed by atoms with van der Waals surface area (Å²) in [4.78, 5) is 0. The van der Waals surface area contributed by atoms with Gasteiger partial charge in [0.05, 0.1) is 0 Å². The van der Waals surface area contributed by atoms with Crippen LogP contribution in [-0.2, 0) is 19.3 Å². The second-order valence-corrected chi connectivity index (χ2v) is 6.51. The van der Waals surface area contributed by atoms with Crippen molar-refractivity contribution < 1.29 is 0 Å². The van der Waals surface area contributed by atoms with Gasteiger partial charge < -0.3 is 0 Å². The lowest BCUT2D eigenvalue weighted by Gasteiger charge is -2.09. The topological polar surface area (TPSA) is 0 Å². The monoisotopic (exact) mass is 290 g/mol. The summed E-state index contributed by atoms with van der Waals surface area (Å²) in [7, 11) is 0. The highest BCUT2D eigenvalue weighted by Gasteiger charge is 2.10. The van der Waals surface area contributed by atoms with Crippen LogP contribution < -0.4 is 0 Å². The van der Waals surface area contributed by atoms with Crippen molar-refractivity contribution in [1.82, 2.24) is 0 Å². The van der Waals surface area contributed by atoms with Crippen LogP contribution in [0.15, 0.2) is 65.8 Å². The molecule has 0 aliphatic heterocycles. The molecular weight excluding hydrogens is 264 g/mol. The molecule has 22 heavy (non-hydrogen) atoms. The van der Waals surface area contributed by atoms with Crippen molar-refractivity contribution in [3.8, 4) is 0 Å². The first-order chi connectivity index (χ1) is 10.8. The Kier molecular flexibility index (Phi) is 4.77. The summed E-state index contributed by atoms with van der Waals surface area (Å²) in [5.41, 5.74) is 8.56. The third-order valence-corrected chi connectivity index (χ3v) is 4.68. The summed E-state index contributed by atoms with van der Waals surface area (Å²) < 4.78 is 0. The van der Waals surface area contributed by atoms with E-state index < -0.39 is 0 Å². The molecule has 1 aromatic rings. The normalized spacial score (nSPS) is 17.9. The highest BCUT2D eigenvalue weighted by atomic mass is 14.2. The summed E-state index contributed by atoms with van der Waals surface area (Å²) in [5.74, 6) is 0. The van der Waals surface area contributed by atoms with E-state index in [0.29, 0.717) is 0 Å². The van der Waals surface area contributed by atoms with Crippen molar-refractivity contribution in [1.29, 1.82) is 0 Å². The molecule has 114 valence electrons. The van der Waals surface area contributed by atoms with Gasteiger partial charge in [0.1, 0.15) is 0 Å². The molecule has 0 heteroatoms. The molecule has 0 amide bonds. The Labute approximate surface area is 135 Å². The molecule has 0 saturated carbocycles. The van der Waals surface area contributed by atoms with E-state index in [2.05, 4.69) is 56.0 Å². The second-order valence-electron chi connectivity index (χ2n) is 6.51. The van der Waals surface area contributed by atoms with E-state index in [0.717, 1.165) is 12.8 Å². The minimum Gasteiger partial charge on any atom is -0.0955 e. The second kappa shape index (κ2) is 6.96. The summed E-state index contributed by atoms with van der Waals surface area (Å²) >= 11 is 0. The number of benzene rings is 1. The van der Waals surface area contributed by atoms with Gasteiger partial charge in [-0.2, -0.15) is 0 Å². The summed E-state index contributed by atoms with van der Waals surface area (Å²) in [6, 6.07) is 7.06. The van der Waals surface area contributed by atoms with Gasteiger partial charge in [-0.1, -0.05) is 61.1 Å². The molecule has 2 aliphatic carbocycles. The fourth-order valence-corrected chi connectivity index (χ4v) is 3.28. The molecule has 0 N–H and O–H groups in total. The van der Waals surface area contributed by atoms with Crippen molar-refractivity contribution >= 4 is 0 Å². The van der Waals surface area contributed by atoms with Gasteiger partial charge in [0.15, 0.2) is 0 Å². The summed E-state index contributed by atoms with van der Waals surface area (Å²) in [6.07, 6.45) is 17.5. The van der Waals surface area contributed by atoms with Gasteiger partial charge in [-0.25, -0.2) is 0 Å². The molecule has 0 spiro atoms. The van der Waals surface area contributed by atoms with Crippen LogP contribution >= 0.6 is 0 Å². The number of hydrogen-bond acceptors (Lipinski definition) is 0. The molecule has 0 aromatic heterocycles. The average molecular weight is 290 g/mol. The predicted molar refractivity (Wildman–Crippen MR) is 96.1 cm³/mol. The number of allylic oxidation sites excluding steroid dienone is 7. The van der Waals surface area contributed by atoms with E-state index in [1.807, 2.05) is 0 Å². The van der Waals surface area contributed by atoms with E-state index >= 15 is 0 Å². The number of fused-ring (bicyclic) bond motifs is 1. The number of rotatable bonds is 5. The predicted octanol–water partition coefficient (Wildman–Crippen LogP) is 5.89. The Morgan fingerprint density at radius 2 is 1.86 bits per heavy atom. The Morgan fingerprint density at radius 1 is 1.09 bits per heavy atom. The molecule has 3 rings (SSSR count). The molecule has 0 radical (unpaired) electrons. The lowest BCUT2D eigenvalue weighted by molar-refractivity contribution is 0.711. The van der Waals surface area contributed by atoms with Crippen LogP contribution in [0.5, 0.6) is 0 Å². The fourth-order valence-electron chi connectivity index (χ4n) is 3.28. The highest BCUT2D eigenvalue weighted by Crippen LogP contribution is 2.28. The van der Waals surface area contributed by atoms with Crippen LogP contribution in [0.3, 0.4) is 0 Å². The van der Waals surface area contributed by atoms with Gasteiger partial charge in [0, 0.05) is 0 Å². The van der Waals surface area contributed by atoms with Gasteiger partial charge in [0.2, 0.25) is 0 Å². The van der Waals surface area contributed by atoms with E-state index in [9.17, 15) is 0 Å². The van der Waals surface area contributed by atoms with E-state index in [1.165, 1.54) is 54.4 Å². The molecule has 0 atom stereocenters. The van der Waals surface area contributed by atoms with Gasteiger partial charge in [-0.3, -0.25) is 0 Å². The minimum absolute atomic E-state index is 0.958. The molecular formula is C22H26. The molecule has 0 fully saturated rings. The third-order valence-electron chi connectivity index (χ3n) is 4.68. The SMILES string of the molecule is C=C(/C=C\C(=C/C)C1=CC1)Cc1ccc2c(c1)CCCCC2. The standard InChI is InChI=1S/C22H26/c1-3-19(21-13-14-21)11-9-17(2)15-18-10-12-20-7-5-4-6-8-22(20)16-18/h3,9-13,16H,2,4-8,14-15H2,1H3/b11-9-,19-3+. The Bertz CT molecular complexity index is 653. The number of aryl methyl sites for hydroxylation is 2. The van der Waals surface area contributed by atoms with Gasteiger partial charge in [0.25, 0.3) is 0 Å². The van der Waals surface area contributed by atoms with Gasteiger partial charge in [-0.15, -0.1) is 0 Å². The Morgan fingerprint density at radius 3 is 2.59 bits per heavy atom. The van der Waals surface area contributed by atoms with Crippen LogP contribution in [0.2, 0.25) is 0 Å². The van der Waals surface area contributed by atoms with Crippen molar-refractivity contribution in [2.24, 2.45) is 0 Å². The van der Waals surface area contributed by atoms with Crippen LogP contribution in [0.1, 0.15) is 49.3 Å². The third kappa shape index (κ3) is 3.88. The lowest BCUT2D eigenvalue weighted by Crippen LogP contribution is -1.95. The van der Waals surface area contributed by atoms with Crippen molar-refractivity contribution in [3.63, 3.8) is 0 Å². The van der Waals surface area contributed by atoms with Gasteiger partial charge >= 0.3 is 0 Å².